The summed E-state index contributed by atoms with van der Waals surface area (Å²) in [7, 11) is 0. The molecule has 1 fully saturated rings. The van der Waals surface area contributed by atoms with Crippen molar-refractivity contribution in [3.05, 3.63) is 88.9 Å². The highest BCUT2D eigenvalue weighted by Crippen LogP contribution is 2.26. The SMILES string of the molecule is CC(C)Oc1ccc([C@@H](O)C(C=NC(=O)Cc2ccc(-c3ccc(Cl)cc3)cc2)CN2CC[C@@H](F)C2)cc1. The van der Waals surface area contributed by atoms with Gasteiger partial charge in [-0.25, -0.2) is 9.38 Å². The van der Waals surface area contributed by atoms with Gasteiger partial charge in [-0.2, -0.15) is 0 Å². The van der Waals surface area contributed by atoms with E-state index in [4.69, 9.17) is 16.3 Å². The Balaban J connectivity index is 1.43. The van der Waals surface area contributed by atoms with E-state index in [1.165, 1.54) is 6.21 Å². The summed E-state index contributed by atoms with van der Waals surface area (Å²) in [5, 5.41) is 11.8. The summed E-state index contributed by atoms with van der Waals surface area (Å²) in [6.45, 7) is 5.26. The smallest absolute Gasteiger partial charge is 0.249 e. The molecule has 1 amide bonds. The topological polar surface area (TPSA) is 62.1 Å². The van der Waals surface area contributed by atoms with Crippen LogP contribution < -0.4 is 4.74 Å². The van der Waals surface area contributed by atoms with E-state index in [0.717, 1.165) is 22.4 Å². The second-order valence-electron chi connectivity index (χ2n) is 10.0. The summed E-state index contributed by atoms with van der Waals surface area (Å²) in [6, 6.07) is 22.6. The van der Waals surface area contributed by atoms with Gasteiger partial charge in [-0.3, -0.25) is 9.69 Å². The third-order valence-electron chi connectivity index (χ3n) is 6.58. The summed E-state index contributed by atoms with van der Waals surface area (Å²) < 4.78 is 19.5. The van der Waals surface area contributed by atoms with Crippen LogP contribution in [0.5, 0.6) is 5.75 Å². The molecule has 1 aliphatic heterocycles. The number of alkyl halides is 1. The van der Waals surface area contributed by atoms with Crippen LogP contribution in [0.1, 0.15) is 37.5 Å². The van der Waals surface area contributed by atoms with Crippen molar-refractivity contribution in [1.82, 2.24) is 4.90 Å². The van der Waals surface area contributed by atoms with Crippen molar-refractivity contribution >= 4 is 23.7 Å². The molecule has 5 nitrogen and oxygen atoms in total. The van der Waals surface area contributed by atoms with Crippen molar-refractivity contribution in [1.29, 1.82) is 0 Å². The first-order valence-electron chi connectivity index (χ1n) is 13.0. The lowest BCUT2D eigenvalue weighted by Gasteiger charge is -2.25. The Labute approximate surface area is 228 Å². The van der Waals surface area contributed by atoms with Gasteiger partial charge in [0.2, 0.25) is 5.91 Å². The number of amides is 1. The zero-order valence-electron chi connectivity index (χ0n) is 21.8. The van der Waals surface area contributed by atoms with E-state index < -0.39 is 18.2 Å². The number of halogens is 2. The van der Waals surface area contributed by atoms with E-state index in [-0.39, 0.29) is 18.4 Å². The van der Waals surface area contributed by atoms with Gasteiger partial charge in [-0.05, 0) is 66.8 Å². The van der Waals surface area contributed by atoms with Crippen molar-refractivity contribution in [2.75, 3.05) is 19.6 Å². The van der Waals surface area contributed by atoms with Crippen LogP contribution in [0.4, 0.5) is 4.39 Å². The predicted molar refractivity (Wildman–Crippen MR) is 151 cm³/mol. The lowest BCUT2D eigenvalue weighted by atomic mass is 9.96. The number of nitrogens with zero attached hydrogens (tertiary/aromatic N) is 2. The minimum absolute atomic E-state index is 0.0501. The van der Waals surface area contributed by atoms with Crippen LogP contribution in [0.15, 0.2) is 77.8 Å². The molecule has 0 saturated carbocycles. The van der Waals surface area contributed by atoms with E-state index >= 15 is 0 Å². The number of aliphatic hydroxyl groups is 1. The highest BCUT2D eigenvalue weighted by molar-refractivity contribution is 6.30. The summed E-state index contributed by atoms with van der Waals surface area (Å²) in [6.07, 6.45) is 0.448. The number of rotatable bonds is 10. The normalized spacial score (nSPS) is 17.7. The molecule has 1 unspecified atom stereocenters. The van der Waals surface area contributed by atoms with E-state index in [0.29, 0.717) is 36.6 Å². The molecule has 7 heteroatoms. The Morgan fingerprint density at radius 1 is 1.08 bits per heavy atom. The fourth-order valence-electron chi connectivity index (χ4n) is 4.60. The molecule has 1 N–H and O–H groups in total. The second-order valence-corrected chi connectivity index (χ2v) is 10.5. The summed E-state index contributed by atoms with van der Waals surface area (Å²) in [4.78, 5) is 18.9. The summed E-state index contributed by atoms with van der Waals surface area (Å²) >= 11 is 5.97. The minimum Gasteiger partial charge on any atom is -0.491 e. The number of carbonyl (C=O) groups excluding carboxylic acids is 1. The Hall–Kier alpha value is -3.06. The Bertz CT molecular complexity index is 1210. The van der Waals surface area contributed by atoms with Crippen LogP contribution in [0, 0.1) is 5.92 Å². The van der Waals surface area contributed by atoms with Gasteiger partial charge in [0, 0.05) is 36.8 Å². The van der Waals surface area contributed by atoms with Crippen molar-refractivity contribution in [2.45, 2.75) is 45.1 Å². The number of aliphatic imine (C=N–C) groups is 1. The average Bonchev–Trinajstić information content (AvgIpc) is 3.31. The lowest BCUT2D eigenvalue weighted by Crippen LogP contribution is -2.32. The third kappa shape index (κ3) is 7.97. The van der Waals surface area contributed by atoms with E-state index in [9.17, 15) is 14.3 Å². The van der Waals surface area contributed by atoms with Crippen molar-refractivity contribution in [3.63, 3.8) is 0 Å². The monoisotopic (exact) mass is 536 g/mol. The molecule has 1 saturated heterocycles. The Morgan fingerprint density at radius 2 is 1.71 bits per heavy atom. The molecule has 4 rings (SSSR count). The predicted octanol–water partition coefficient (Wildman–Crippen LogP) is 6.33. The maximum atomic E-state index is 13.8. The number of benzene rings is 3. The van der Waals surface area contributed by atoms with Gasteiger partial charge >= 0.3 is 0 Å². The Morgan fingerprint density at radius 3 is 2.29 bits per heavy atom. The van der Waals surface area contributed by atoms with Crippen molar-refractivity contribution < 1.29 is 19.0 Å². The van der Waals surface area contributed by atoms with Crippen LogP contribution >= 0.6 is 11.6 Å². The molecule has 0 aromatic heterocycles. The zero-order valence-corrected chi connectivity index (χ0v) is 22.5. The highest BCUT2D eigenvalue weighted by atomic mass is 35.5. The summed E-state index contributed by atoms with van der Waals surface area (Å²) in [5.74, 6) is -0.0430. The maximum absolute atomic E-state index is 13.8. The quantitative estimate of drug-likeness (QED) is 0.308. The molecular formula is C31H34ClFN2O3. The fourth-order valence-corrected chi connectivity index (χ4v) is 4.72. The molecule has 200 valence electrons. The molecule has 0 radical (unpaired) electrons. The molecule has 0 aliphatic carbocycles. The van der Waals surface area contributed by atoms with Crippen molar-refractivity contribution in [3.8, 4) is 16.9 Å². The summed E-state index contributed by atoms with van der Waals surface area (Å²) in [5.41, 5.74) is 3.62. The standard InChI is InChI=1S/C31H34ClFN2O3/c1-21(2)38-29-13-9-25(10-14-29)31(37)26(19-35-16-15-28(33)20-35)18-34-30(36)17-22-3-5-23(6-4-22)24-7-11-27(32)12-8-24/h3-14,18,21,26,28,31,37H,15-17,19-20H2,1-2H3/t26?,28-,31-/m1/s1. The molecule has 3 aromatic carbocycles. The maximum Gasteiger partial charge on any atom is 0.249 e. The molecule has 1 heterocycles. The number of ether oxygens (including phenoxy) is 1. The van der Waals surface area contributed by atoms with Crippen LogP contribution in [-0.4, -0.2) is 54.0 Å². The first-order valence-corrected chi connectivity index (χ1v) is 13.4. The van der Waals surface area contributed by atoms with Crippen LogP contribution in [0.2, 0.25) is 5.02 Å². The van der Waals surface area contributed by atoms with Gasteiger partial charge in [0.05, 0.1) is 18.6 Å². The van der Waals surface area contributed by atoms with Gasteiger partial charge in [0.25, 0.3) is 0 Å². The van der Waals surface area contributed by atoms with Crippen LogP contribution in [0.3, 0.4) is 0 Å². The minimum atomic E-state index is -0.892. The molecule has 0 bridgehead atoms. The van der Waals surface area contributed by atoms with Crippen LogP contribution in [0.25, 0.3) is 11.1 Å². The highest BCUT2D eigenvalue weighted by Gasteiger charge is 2.28. The van der Waals surface area contributed by atoms with E-state index in [1.807, 2.05) is 91.5 Å². The number of carbonyl (C=O) groups is 1. The fraction of sp³-hybridized carbons (Fsp3) is 0.355. The number of likely N-dealkylation sites (tertiary alicyclic amines) is 1. The zero-order chi connectivity index (χ0) is 27.1. The molecule has 38 heavy (non-hydrogen) atoms. The Kier molecular flexibility index (Phi) is 9.67. The second kappa shape index (κ2) is 13.1. The molecule has 3 aromatic rings. The number of aliphatic hydroxyl groups excluding tert-OH is 1. The van der Waals surface area contributed by atoms with E-state index in [1.54, 1.807) is 0 Å². The molecular weight excluding hydrogens is 503 g/mol. The number of hydrogen-bond acceptors (Lipinski definition) is 4. The number of hydrogen-bond donors (Lipinski definition) is 1. The third-order valence-corrected chi connectivity index (χ3v) is 6.83. The molecule has 1 aliphatic rings. The molecule has 0 spiro atoms. The van der Waals surface area contributed by atoms with Gasteiger partial charge in [0.15, 0.2) is 0 Å². The van der Waals surface area contributed by atoms with Gasteiger partial charge in [0.1, 0.15) is 11.9 Å². The van der Waals surface area contributed by atoms with E-state index in [2.05, 4.69) is 4.99 Å². The van der Waals surface area contributed by atoms with Crippen LogP contribution in [-0.2, 0) is 11.2 Å². The first-order chi connectivity index (χ1) is 18.3. The van der Waals surface area contributed by atoms with Gasteiger partial charge in [-0.1, -0.05) is 60.1 Å². The largest absolute Gasteiger partial charge is 0.491 e. The average molecular weight is 537 g/mol. The lowest BCUT2D eigenvalue weighted by molar-refractivity contribution is -0.117. The van der Waals surface area contributed by atoms with Gasteiger partial charge in [-0.15, -0.1) is 0 Å². The molecule has 3 atom stereocenters. The van der Waals surface area contributed by atoms with Gasteiger partial charge < -0.3 is 9.84 Å². The van der Waals surface area contributed by atoms with Crippen molar-refractivity contribution in [2.24, 2.45) is 10.9 Å². The first kappa shape index (κ1) is 28.0.